The van der Waals surface area contributed by atoms with Crippen molar-refractivity contribution in [3.63, 3.8) is 0 Å². The van der Waals surface area contributed by atoms with Crippen molar-refractivity contribution in [1.29, 1.82) is 0 Å². The monoisotopic (exact) mass is 281 g/mol. The maximum Gasteiger partial charge on any atom is 0 e. The van der Waals surface area contributed by atoms with Crippen LogP contribution in [0.15, 0.2) is 0 Å². The molecule has 1 radical (unpaired) electrons. The summed E-state index contributed by atoms with van der Waals surface area (Å²) in [6.07, 6.45) is 20.1. The van der Waals surface area contributed by atoms with E-state index in [4.69, 9.17) is 0 Å². The second-order valence-electron chi connectivity index (χ2n) is 5.32. The van der Waals surface area contributed by atoms with E-state index in [0.717, 1.165) is 5.75 Å². The standard InChI is InChI=1S/C16H34S.Na/c1-2-3-4-5-6-7-8-9-10-11-12-13-14-15-16-17;/h17H,2-16H2,1H3;. The van der Waals surface area contributed by atoms with Gasteiger partial charge in [0.15, 0.2) is 0 Å². The molecule has 0 rings (SSSR count). The molecule has 0 saturated carbocycles. The van der Waals surface area contributed by atoms with Gasteiger partial charge in [0.1, 0.15) is 0 Å². The van der Waals surface area contributed by atoms with Gasteiger partial charge in [-0.15, -0.1) is 0 Å². The maximum atomic E-state index is 4.23. The summed E-state index contributed by atoms with van der Waals surface area (Å²) in [6, 6.07) is 0. The van der Waals surface area contributed by atoms with Crippen molar-refractivity contribution in [3.05, 3.63) is 0 Å². The zero-order chi connectivity index (χ0) is 12.6. The van der Waals surface area contributed by atoms with Gasteiger partial charge in [-0.2, -0.15) is 12.6 Å². The summed E-state index contributed by atoms with van der Waals surface area (Å²) in [5.74, 6) is 1.07. The van der Waals surface area contributed by atoms with Crippen LogP contribution in [0.4, 0.5) is 0 Å². The number of unbranched alkanes of at least 4 members (excludes halogenated alkanes) is 13. The molecule has 0 aromatic carbocycles. The summed E-state index contributed by atoms with van der Waals surface area (Å²) >= 11 is 4.23. The van der Waals surface area contributed by atoms with Crippen LogP contribution in [-0.4, -0.2) is 35.3 Å². The van der Waals surface area contributed by atoms with Gasteiger partial charge >= 0.3 is 0 Å². The second-order valence-corrected chi connectivity index (χ2v) is 5.77. The first-order chi connectivity index (χ1) is 8.41. The molecule has 2 heteroatoms. The van der Waals surface area contributed by atoms with Crippen molar-refractivity contribution in [1.82, 2.24) is 0 Å². The van der Waals surface area contributed by atoms with E-state index in [0.29, 0.717) is 0 Å². The molecule has 0 bridgehead atoms. The minimum atomic E-state index is 0. The smallest absolute Gasteiger partial charge is 0 e. The van der Waals surface area contributed by atoms with Gasteiger partial charge in [0, 0.05) is 29.6 Å². The van der Waals surface area contributed by atoms with Crippen LogP contribution in [0.25, 0.3) is 0 Å². The van der Waals surface area contributed by atoms with Crippen LogP contribution in [0.1, 0.15) is 96.8 Å². The van der Waals surface area contributed by atoms with Crippen molar-refractivity contribution in [2.45, 2.75) is 96.8 Å². The summed E-state index contributed by atoms with van der Waals surface area (Å²) in [4.78, 5) is 0. The van der Waals surface area contributed by atoms with Crippen LogP contribution in [0.2, 0.25) is 0 Å². The average Bonchev–Trinajstić information content (AvgIpc) is 2.35. The van der Waals surface area contributed by atoms with E-state index in [9.17, 15) is 0 Å². The second kappa shape index (κ2) is 20.7. The predicted molar refractivity (Wildman–Crippen MR) is 89.9 cm³/mol. The first kappa shape index (κ1) is 21.6. The fourth-order valence-corrected chi connectivity index (χ4v) is 2.53. The molecular weight excluding hydrogens is 247 g/mol. The van der Waals surface area contributed by atoms with Gasteiger partial charge in [-0.1, -0.05) is 90.4 Å². The number of hydrogen-bond acceptors (Lipinski definition) is 1. The molecule has 0 aliphatic heterocycles. The Labute approximate surface area is 144 Å². The molecule has 0 aliphatic carbocycles. The van der Waals surface area contributed by atoms with Crippen LogP contribution in [0.3, 0.4) is 0 Å². The third-order valence-corrected chi connectivity index (χ3v) is 3.83. The molecule has 0 nitrogen and oxygen atoms in total. The summed E-state index contributed by atoms with van der Waals surface area (Å²) < 4.78 is 0. The van der Waals surface area contributed by atoms with E-state index >= 15 is 0 Å². The zero-order valence-corrected chi connectivity index (χ0v) is 15.9. The van der Waals surface area contributed by atoms with Crippen molar-refractivity contribution >= 4 is 42.2 Å². The Morgan fingerprint density at radius 1 is 0.500 bits per heavy atom. The van der Waals surface area contributed by atoms with Gasteiger partial charge in [-0.25, -0.2) is 0 Å². The normalized spacial score (nSPS) is 10.3. The van der Waals surface area contributed by atoms with E-state index in [-0.39, 0.29) is 29.6 Å². The number of thiol groups is 1. The van der Waals surface area contributed by atoms with Crippen molar-refractivity contribution in [3.8, 4) is 0 Å². The third kappa shape index (κ3) is 19.7. The van der Waals surface area contributed by atoms with Crippen LogP contribution < -0.4 is 0 Å². The van der Waals surface area contributed by atoms with Crippen molar-refractivity contribution in [2.75, 3.05) is 5.75 Å². The molecule has 18 heavy (non-hydrogen) atoms. The molecule has 0 saturated heterocycles. The molecule has 0 amide bonds. The molecule has 105 valence electrons. The molecule has 0 aromatic rings. The molecular formula is C16H34NaS. The van der Waals surface area contributed by atoms with Gasteiger partial charge in [0.2, 0.25) is 0 Å². The Morgan fingerprint density at radius 3 is 1.06 bits per heavy atom. The van der Waals surface area contributed by atoms with Gasteiger partial charge < -0.3 is 0 Å². The third-order valence-electron chi connectivity index (χ3n) is 3.51. The molecule has 0 fully saturated rings. The summed E-state index contributed by atoms with van der Waals surface area (Å²) in [7, 11) is 0. The molecule has 0 aliphatic rings. The first-order valence-electron chi connectivity index (χ1n) is 8.02. The minimum absolute atomic E-state index is 0. The molecule has 0 spiro atoms. The summed E-state index contributed by atoms with van der Waals surface area (Å²) in [6.45, 7) is 2.29. The van der Waals surface area contributed by atoms with Gasteiger partial charge in [0.25, 0.3) is 0 Å². The fraction of sp³-hybridized carbons (Fsp3) is 1.00. The summed E-state index contributed by atoms with van der Waals surface area (Å²) in [5, 5.41) is 0. The van der Waals surface area contributed by atoms with Crippen LogP contribution in [-0.2, 0) is 0 Å². The van der Waals surface area contributed by atoms with Crippen LogP contribution in [0.5, 0.6) is 0 Å². The van der Waals surface area contributed by atoms with E-state index < -0.39 is 0 Å². The van der Waals surface area contributed by atoms with Gasteiger partial charge in [-0.3, -0.25) is 0 Å². The first-order valence-corrected chi connectivity index (χ1v) is 8.66. The van der Waals surface area contributed by atoms with Gasteiger partial charge in [-0.05, 0) is 12.2 Å². The quantitative estimate of drug-likeness (QED) is 0.225. The van der Waals surface area contributed by atoms with Crippen LogP contribution in [0, 0.1) is 0 Å². The predicted octanol–water partition coefficient (Wildman–Crippen LogP) is 6.02. The van der Waals surface area contributed by atoms with E-state index in [1.54, 1.807) is 0 Å². The van der Waals surface area contributed by atoms with E-state index in [1.165, 1.54) is 89.9 Å². The topological polar surface area (TPSA) is 0 Å². The largest absolute Gasteiger partial charge is 0.179 e. The van der Waals surface area contributed by atoms with Crippen molar-refractivity contribution < 1.29 is 0 Å². The maximum absolute atomic E-state index is 4.23. The fourth-order valence-electron chi connectivity index (χ4n) is 2.31. The Morgan fingerprint density at radius 2 is 0.778 bits per heavy atom. The molecule has 0 atom stereocenters. The Balaban J connectivity index is 0. The van der Waals surface area contributed by atoms with Gasteiger partial charge in [0.05, 0.1) is 0 Å². The number of hydrogen-bond donors (Lipinski definition) is 1. The van der Waals surface area contributed by atoms with E-state index in [2.05, 4.69) is 19.6 Å². The zero-order valence-electron chi connectivity index (χ0n) is 13.1. The SMILES string of the molecule is CCCCCCCCCCCCCCCCS.[Na]. The Hall–Kier alpha value is 1.35. The van der Waals surface area contributed by atoms with Crippen molar-refractivity contribution in [2.24, 2.45) is 0 Å². The minimum Gasteiger partial charge on any atom is -0.179 e. The van der Waals surface area contributed by atoms with E-state index in [1.807, 2.05) is 0 Å². The molecule has 0 unspecified atom stereocenters. The molecule has 0 aromatic heterocycles. The molecule has 0 heterocycles. The summed E-state index contributed by atoms with van der Waals surface area (Å²) in [5.41, 5.74) is 0. The van der Waals surface area contributed by atoms with Crippen LogP contribution >= 0.6 is 12.6 Å². The Bertz CT molecular complexity index is 114. The number of rotatable bonds is 14. The average molecular weight is 282 g/mol. The Kier molecular flexibility index (Phi) is 24.8. The molecule has 0 N–H and O–H groups in total.